The molecular weight excluding hydrogens is 384 g/mol. The van der Waals surface area contributed by atoms with E-state index in [1.807, 2.05) is 45.0 Å². The Kier molecular flexibility index (Phi) is 5.18. The molecule has 0 spiro atoms. The number of carbonyl (C=O) groups is 1. The van der Waals surface area contributed by atoms with Crippen molar-refractivity contribution in [3.05, 3.63) is 34.9 Å². The molecule has 1 saturated heterocycles. The van der Waals surface area contributed by atoms with Gasteiger partial charge in [0.2, 0.25) is 0 Å². The number of aromatic nitrogens is 1. The molecule has 1 aliphatic heterocycles. The van der Waals surface area contributed by atoms with Crippen LogP contribution >= 0.6 is 15.9 Å². The molecule has 1 fully saturated rings. The minimum atomic E-state index is -0.468. The van der Waals surface area contributed by atoms with Gasteiger partial charge in [0.25, 0.3) is 0 Å². The highest BCUT2D eigenvalue weighted by atomic mass is 79.9. The van der Waals surface area contributed by atoms with Gasteiger partial charge < -0.3 is 14.4 Å². The molecule has 2 aromatic rings. The van der Waals surface area contributed by atoms with Crippen LogP contribution in [0.25, 0.3) is 10.9 Å². The van der Waals surface area contributed by atoms with Crippen LogP contribution in [-0.2, 0) is 4.74 Å². The number of benzene rings is 1. The molecule has 0 saturated carbocycles. The maximum absolute atomic E-state index is 12.2. The molecule has 6 heteroatoms. The van der Waals surface area contributed by atoms with Crippen molar-refractivity contribution in [2.24, 2.45) is 0 Å². The lowest BCUT2D eigenvalue weighted by atomic mass is 10.1. The smallest absolute Gasteiger partial charge is 0.410 e. The van der Waals surface area contributed by atoms with Gasteiger partial charge >= 0.3 is 6.09 Å². The second-order valence-electron chi connectivity index (χ2n) is 7.24. The molecule has 0 radical (unpaired) electrons. The Morgan fingerprint density at radius 1 is 1.24 bits per heavy atom. The van der Waals surface area contributed by atoms with Crippen molar-refractivity contribution < 1.29 is 14.3 Å². The number of likely N-dealkylation sites (tertiary alicyclic amines) is 1. The molecule has 3 rings (SSSR count). The van der Waals surface area contributed by atoms with Crippen LogP contribution in [0.3, 0.4) is 0 Å². The van der Waals surface area contributed by atoms with E-state index in [1.54, 1.807) is 11.1 Å². The van der Waals surface area contributed by atoms with E-state index in [0.29, 0.717) is 13.1 Å². The van der Waals surface area contributed by atoms with Gasteiger partial charge in [-0.3, -0.25) is 4.98 Å². The van der Waals surface area contributed by atoms with Crippen molar-refractivity contribution in [3.8, 4) is 5.75 Å². The number of halogens is 1. The normalized spacial score (nSPS) is 16.1. The molecule has 0 bridgehead atoms. The minimum Gasteiger partial charge on any atom is -0.487 e. The largest absolute Gasteiger partial charge is 0.487 e. The topological polar surface area (TPSA) is 51.7 Å². The lowest BCUT2D eigenvalue weighted by Crippen LogP contribution is -2.44. The maximum atomic E-state index is 12.2. The molecule has 2 heterocycles. The van der Waals surface area contributed by atoms with Crippen molar-refractivity contribution in [2.45, 2.75) is 45.3 Å². The zero-order chi connectivity index (χ0) is 18.0. The molecule has 0 atom stereocenters. The second-order valence-corrected chi connectivity index (χ2v) is 8.09. The number of amides is 1. The van der Waals surface area contributed by atoms with Crippen LogP contribution in [0, 0.1) is 0 Å². The molecule has 1 aromatic carbocycles. The van der Waals surface area contributed by atoms with Gasteiger partial charge in [0, 0.05) is 37.5 Å². The summed E-state index contributed by atoms with van der Waals surface area (Å²) in [4.78, 5) is 18.4. The predicted octanol–water partition coefficient (Wildman–Crippen LogP) is 4.78. The first-order valence-electron chi connectivity index (χ1n) is 8.51. The van der Waals surface area contributed by atoms with Gasteiger partial charge in [-0.05, 0) is 48.8 Å². The zero-order valence-corrected chi connectivity index (χ0v) is 16.4. The number of hydrogen-bond donors (Lipinski definition) is 0. The van der Waals surface area contributed by atoms with Crippen molar-refractivity contribution in [3.63, 3.8) is 0 Å². The van der Waals surface area contributed by atoms with E-state index in [-0.39, 0.29) is 12.2 Å². The van der Waals surface area contributed by atoms with Crippen LogP contribution < -0.4 is 4.74 Å². The number of fused-ring (bicyclic) bond motifs is 1. The summed E-state index contributed by atoms with van der Waals surface area (Å²) in [6.07, 6.45) is 3.12. The van der Waals surface area contributed by atoms with E-state index in [4.69, 9.17) is 9.47 Å². The lowest BCUT2D eigenvalue weighted by molar-refractivity contribution is 0.0127. The van der Waals surface area contributed by atoms with Gasteiger partial charge in [0.1, 0.15) is 17.2 Å². The van der Waals surface area contributed by atoms with Gasteiger partial charge in [0.15, 0.2) is 5.75 Å². The van der Waals surface area contributed by atoms with Crippen LogP contribution in [-0.4, -0.2) is 40.8 Å². The molecule has 1 amide bonds. The SMILES string of the molecule is CC(C)(C)OC(=O)N1CCC(Oc2c(Br)ccc3cccnc23)CC1. The molecule has 1 aliphatic rings. The quantitative estimate of drug-likeness (QED) is 0.719. The molecule has 0 N–H and O–H groups in total. The van der Waals surface area contributed by atoms with Gasteiger partial charge in [-0.1, -0.05) is 12.1 Å². The summed E-state index contributed by atoms with van der Waals surface area (Å²) in [5.74, 6) is 0.772. The summed E-state index contributed by atoms with van der Waals surface area (Å²) in [5.41, 5.74) is 0.385. The summed E-state index contributed by atoms with van der Waals surface area (Å²) in [5, 5.41) is 1.05. The van der Waals surface area contributed by atoms with Crippen LogP contribution in [0.5, 0.6) is 5.75 Å². The summed E-state index contributed by atoms with van der Waals surface area (Å²) in [6.45, 7) is 6.91. The van der Waals surface area contributed by atoms with Crippen LogP contribution in [0.2, 0.25) is 0 Å². The Balaban J connectivity index is 1.65. The minimum absolute atomic E-state index is 0.0580. The number of hydrogen-bond acceptors (Lipinski definition) is 4. The van der Waals surface area contributed by atoms with Crippen LogP contribution in [0.15, 0.2) is 34.9 Å². The number of ether oxygens (including phenoxy) is 2. The standard InChI is InChI=1S/C19H23BrN2O3/c1-19(2,3)25-18(23)22-11-8-14(9-12-22)24-17-15(20)7-6-13-5-4-10-21-16(13)17/h4-7,10,14H,8-9,11-12H2,1-3H3. The van der Waals surface area contributed by atoms with Crippen molar-refractivity contribution in [1.29, 1.82) is 0 Å². The Morgan fingerprint density at radius 3 is 2.64 bits per heavy atom. The fourth-order valence-electron chi connectivity index (χ4n) is 2.86. The van der Waals surface area contributed by atoms with Crippen molar-refractivity contribution >= 4 is 32.9 Å². The number of piperidine rings is 1. The molecule has 0 aliphatic carbocycles. The first-order chi connectivity index (χ1) is 11.8. The van der Waals surface area contributed by atoms with Crippen molar-refractivity contribution in [1.82, 2.24) is 9.88 Å². The van der Waals surface area contributed by atoms with Gasteiger partial charge in [0.05, 0.1) is 4.47 Å². The first-order valence-corrected chi connectivity index (χ1v) is 9.30. The molecule has 25 heavy (non-hydrogen) atoms. The van der Waals surface area contributed by atoms with Gasteiger partial charge in [-0.2, -0.15) is 0 Å². The lowest BCUT2D eigenvalue weighted by Gasteiger charge is -2.33. The summed E-state index contributed by atoms with van der Waals surface area (Å²) >= 11 is 3.56. The highest BCUT2D eigenvalue weighted by molar-refractivity contribution is 9.10. The van der Waals surface area contributed by atoms with Crippen LogP contribution in [0.1, 0.15) is 33.6 Å². The van der Waals surface area contributed by atoms with E-state index in [9.17, 15) is 4.79 Å². The highest BCUT2D eigenvalue weighted by Crippen LogP contribution is 2.34. The van der Waals surface area contributed by atoms with E-state index < -0.39 is 5.60 Å². The Bertz CT molecular complexity index is 765. The third kappa shape index (κ3) is 4.42. The molecular formula is C19H23BrN2O3. The Morgan fingerprint density at radius 2 is 1.96 bits per heavy atom. The van der Waals surface area contributed by atoms with Gasteiger partial charge in [-0.25, -0.2) is 4.79 Å². The molecule has 1 aromatic heterocycles. The van der Waals surface area contributed by atoms with Gasteiger partial charge in [-0.15, -0.1) is 0 Å². The average molecular weight is 407 g/mol. The van der Waals surface area contributed by atoms with E-state index >= 15 is 0 Å². The van der Waals surface area contributed by atoms with E-state index in [1.165, 1.54) is 0 Å². The second kappa shape index (κ2) is 7.20. The monoisotopic (exact) mass is 406 g/mol. The summed E-state index contributed by atoms with van der Waals surface area (Å²) in [7, 11) is 0. The third-order valence-electron chi connectivity index (χ3n) is 4.06. The number of nitrogens with zero attached hydrogens (tertiary/aromatic N) is 2. The Hall–Kier alpha value is -1.82. The number of rotatable bonds is 2. The third-order valence-corrected chi connectivity index (χ3v) is 4.68. The fraction of sp³-hybridized carbons (Fsp3) is 0.474. The number of pyridine rings is 1. The summed E-state index contributed by atoms with van der Waals surface area (Å²) in [6, 6.07) is 7.94. The zero-order valence-electron chi connectivity index (χ0n) is 14.8. The molecule has 0 unspecified atom stereocenters. The predicted molar refractivity (Wildman–Crippen MR) is 101 cm³/mol. The summed E-state index contributed by atoms with van der Waals surface area (Å²) < 4.78 is 12.6. The highest BCUT2D eigenvalue weighted by Gasteiger charge is 2.28. The van der Waals surface area contributed by atoms with E-state index in [2.05, 4.69) is 20.9 Å². The average Bonchev–Trinajstić information content (AvgIpc) is 2.56. The fourth-order valence-corrected chi connectivity index (χ4v) is 3.27. The molecule has 5 nitrogen and oxygen atoms in total. The number of carbonyl (C=O) groups excluding carboxylic acids is 1. The van der Waals surface area contributed by atoms with E-state index in [0.717, 1.165) is 34.0 Å². The molecule has 134 valence electrons. The maximum Gasteiger partial charge on any atom is 0.410 e. The van der Waals surface area contributed by atoms with Crippen LogP contribution in [0.4, 0.5) is 4.79 Å². The Labute approximate surface area is 156 Å². The first kappa shape index (κ1) is 18.0. The van der Waals surface area contributed by atoms with Crippen molar-refractivity contribution in [2.75, 3.05) is 13.1 Å².